The largest absolute Gasteiger partial charge is 0.309 e. The average Bonchev–Trinajstić information content (AvgIpc) is 2.33. The van der Waals surface area contributed by atoms with Crippen molar-refractivity contribution in [2.24, 2.45) is 5.92 Å². The summed E-state index contributed by atoms with van der Waals surface area (Å²) in [5.41, 5.74) is 0.405. The predicted octanol–water partition coefficient (Wildman–Crippen LogP) is 3.75. The summed E-state index contributed by atoms with van der Waals surface area (Å²) >= 11 is 0. The first-order chi connectivity index (χ1) is 8.38. The van der Waals surface area contributed by atoms with E-state index >= 15 is 0 Å². The number of carbonyl (C=O) groups is 1. The van der Waals surface area contributed by atoms with Crippen molar-refractivity contribution in [2.45, 2.75) is 40.2 Å². The molecule has 2 nitrogen and oxygen atoms in total. The molecule has 1 unspecified atom stereocenters. The number of hydrogen-bond acceptors (Lipinski definition) is 1. The van der Waals surface area contributed by atoms with E-state index in [2.05, 4.69) is 0 Å². The Hall–Kier alpha value is -1.45. The van der Waals surface area contributed by atoms with Crippen molar-refractivity contribution >= 4 is 11.6 Å². The zero-order valence-corrected chi connectivity index (χ0v) is 11.2. The second kappa shape index (κ2) is 5.94. The molecule has 0 aliphatic heterocycles. The van der Waals surface area contributed by atoms with Crippen LogP contribution in [0.4, 0.5) is 14.5 Å². The first-order valence-electron chi connectivity index (χ1n) is 6.15. The van der Waals surface area contributed by atoms with Crippen molar-refractivity contribution in [2.75, 3.05) is 4.90 Å². The minimum atomic E-state index is -0.933. The third-order valence-electron chi connectivity index (χ3n) is 3.12. The van der Waals surface area contributed by atoms with Crippen LogP contribution in [0.15, 0.2) is 18.2 Å². The van der Waals surface area contributed by atoms with E-state index in [1.807, 2.05) is 20.8 Å². The molecule has 0 aliphatic rings. The molecule has 1 amide bonds. The van der Waals surface area contributed by atoms with E-state index in [9.17, 15) is 13.6 Å². The van der Waals surface area contributed by atoms with Gasteiger partial charge >= 0.3 is 0 Å². The summed E-state index contributed by atoms with van der Waals surface area (Å²) in [6.07, 6.45) is 0.329. The van der Waals surface area contributed by atoms with E-state index in [1.54, 1.807) is 6.92 Å². The van der Waals surface area contributed by atoms with Gasteiger partial charge in [-0.05, 0) is 25.0 Å². The number of halogens is 2. The van der Waals surface area contributed by atoms with Crippen LogP contribution in [0.5, 0.6) is 0 Å². The topological polar surface area (TPSA) is 20.3 Å². The summed E-state index contributed by atoms with van der Waals surface area (Å²) in [4.78, 5) is 13.5. The van der Waals surface area contributed by atoms with Gasteiger partial charge in [-0.15, -0.1) is 0 Å². The maximum absolute atomic E-state index is 13.3. The SMILES string of the molecule is CCC(=O)N(c1ccc(F)c(F)c1)C(C)C(C)C. The van der Waals surface area contributed by atoms with Gasteiger partial charge in [-0.3, -0.25) is 4.79 Å². The molecule has 0 saturated heterocycles. The molecule has 0 bridgehead atoms. The number of benzene rings is 1. The van der Waals surface area contributed by atoms with Gasteiger partial charge in [0, 0.05) is 24.2 Å². The molecule has 0 radical (unpaired) electrons. The van der Waals surface area contributed by atoms with Gasteiger partial charge in [0.25, 0.3) is 0 Å². The second-order valence-electron chi connectivity index (χ2n) is 4.70. The fourth-order valence-electron chi connectivity index (χ4n) is 1.71. The molecule has 0 aromatic heterocycles. The Morgan fingerprint density at radius 3 is 2.28 bits per heavy atom. The van der Waals surface area contributed by atoms with E-state index in [-0.39, 0.29) is 17.9 Å². The number of anilines is 1. The third-order valence-corrected chi connectivity index (χ3v) is 3.12. The van der Waals surface area contributed by atoms with Crippen molar-refractivity contribution in [3.8, 4) is 0 Å². The first kappa shape index (κ1) is 14.6. The smallest absolute Gasteiger partial charge is 0.226 e. The van der Waals surface area contributed by atoms with Gasteiger partial charge in [-0.2, -0.15) is 0 Å². The number of nitrogens with zero attached hydrogens (tertiary/aromatic N) is 1. The fraction of sp³-hybridized carbons (Fsp3) is 0.500. The molecule has 1 atom stereocenters. The van der Waals surface area contributed by atoms with Crippen LogP contribution in [0.3, 0.4) is 0 Å². The van der Waals surface area contributed by atoms with Gasteiger partial charge in [0.15, 0.2) is 11.6 Å². The number of amides is 1. The van der Waals surface area contributed by atoms with Crippen molar-refractivity contribution in [1.82, 2.24) is 0 Å². The highest BCUT2D eigenvalue weighted by molar-refractivity contribution is 5.93. The van der Waals surface area contributed by atoms with E-state index in [0.29, 0.717) is 12.1 Å². The Bertz CT molecular complexity index is 432. The Labute approximate surface area is 107 Å². The first-order valence-corrected chi connectivity index (χ1v) is 6.15. The minimum absolute atomic E-state index is 0.0673. The summed E-state index contributed by atoms with van der Waals surface area (Å²) < 4.78 is 26.2. The number of carbonyl (C=O) groups excluding carboxylic acids is 1. The second-order valence-corrected chi connectivity index (χ2v) is 4.70. The molecule has 100 valence electrons. The third kappa shape index (κ3) is 3.06. The van der Waals surface area contributed by atoms with Crippen LogP contribution in [-0.4, -0.2) is 11.9 Å². The molecule has 0 saturated carbocycles. The van der Waals surface area contributed by atoms with Gasteiger partial charge in [0.05, 0.1) is 0 Å². The summed E-state index contributed by atoms with van der Waals surface area (Å²) in [6, 6.07) is 3.49. The Kier molecular flexibility index (Phi) is 4.82. The Morgan fingerprint density at radius 1 is 1.22 bits per heavy atom. The molecule has 1 rings (SSSR count). The van der Waals surface area contributed by atoms with Gasteiger partial charge in [0.1, 0.15) is 0 Å². The van der Waals surface area contributed by atoms with Crippen molar-refractivity contribution in [1.29, 1.82) is 0 Å². The molecule has 18 heavy (non-hydrogen) atoms. The van der Waals surface area contributed by atoms with Crippen LogP contribution in [0.25, 0.3) is 0 Å². The minimum Gasteiger partial charge on any atom is -0.309 e. The van der Waals surface area contributed by atoms with E-state index in [1.165, 1.54) is 11.0 Å². The lowest BCUT2D eigenvalue weighted by Crippen LogP contribution is -2.41. The van der Waals surface area contributed by atoms with Crippen LogP contribution in [-0.2, 0) is 4.79 Å². The highest BCUT2D eigenvalue weighted by atomic mass is 19.2. The lowest BCUT2D eigenvalue weighted by atomic mass is 10.0. The lowest BCUT2D eigenvalue weighted by molar-refractivity contribution is -0.118. The lowest BCUT2D eigenvalue weighted by Gasteiger charge is -2.32. The molecule has 1 aromatic carbocycles. The molecule has 0 spiro atoms. The maximum Gasteiger partial charge on any atom is 0.226 e. The quantitative estimate of drug-likeness (QED) is 0.802. The van der Waals surface area contributed by atoms with Gasteiger partial charge in [-0.25, -0.2) is 8.78 Å². The van der Waals surface area contributed by atoms with Crippen LogP contribution in [0.1, 0.15) is 34.1 Å². The maximum atomic E-state index is 13.3. The fourth-order valence-corrected chi connectivity index (χ4v) is 1.71. The van der Waals surface area contributed by atoms with E-state index in [4.69, 9.17) is 0 Å². The van der Waals surface area contributed by atoms with Gasteiger partial charge in [0.2, 0.25) is 5.91 Å². The number of hydrogen-bond donors (Lipinski definition) is 0. The molecular weight excluding hydrogens is 236 g/mol. The standard InChI is InChI=1S/C14H19F2NO/c1-5-14(18)17(10(4)9(2)3)11-6-7-12(15)13(16)8-11/h6-10H,5H2,1-4H3. The zero-order valence-electron chi connectivity index (χ0n) is 11.2. The van der Waals surface area contributed by atoms with Crippen LogP contribution in [0, 0.1) is 17.6 Å². The van der Waals surface area contributed by atoms with Crippen molar-refractivity contribution < 1.29 is 13.6 Å². The highest BCUT2D eigenvalue weighted by Gasteiger charge is 2.23. The summed E-state index contributed by atoms with van der Waals surface area (Å²) in [5.74, 6) is -1.70. The monoisotopic (exact) mass is 255 g/mol. The van der Waals surface area contributed by atoms with Gasteiger partial charge in [-0.1, -0.05) is 20.8 Å². The zero-order chi connectivity index (χ0) is 13.9. The Balaban J connectivity index is 3.17. The average molecular weight is 255 g/mol. The van der Waals surface area contributed by atoms with Crippen LogP contribution < -0.4 is 4.90 Å². The summed E-state index contributed by atoms with van der Waals surface area (Å²) in [7, 11) is 0. The molecule has 4 heteroatoms. The van der Waals surface area contributed by atoms with Crippen LogP contribution >= 0.6 is 0 Å². The summed E-state index contributed by atoms with van der Waals surface area (Å²) in [6.45, 7) is 7.63. The molecule has 1 aromatic rings. The molecular formula is C14H19F2NO. The summed E-state index contributed by atoms with van der Waals surface area (Å²) in [5, 5.41) is 0. The predicted molar refractivity (Wildman–Crippen MR) is 68.4 cm³/mol. The van der Waals surface area contributed by atoms with E-state index < -0.39 is 11.6 Å². The van der Waals surface area contributed by atoms with Crippen LogP contribution in [0.2, 0.25) is 0 Å². The van der Waals surface area contributed by atoms with E-state index in [0.717, 1.165) is 12.1 Å². The van der Waals surface area contributed by atoms with Gasteiger partial charge < -0.3 is 4.90 Å². The Morgan fingerprint density at radius 2 is 1.83 bits per heavy atom. The molecule has 0 aliphatic carbocycles. The molecule has 0 N–H and O–H groups in total. The van der Waals surface area contributed by atoms with Crippen molar-refractivity contribution in [3.05, 3.63) is 29.8 Å². The number of rotatable bonds is 4. The highest BCUT2D eigenvalue weighted by Crippen LogP contribution is 2.24. The van der Waals surface area contributed by atoms with Crippen molar-refractivity contribution in [3.63, 3.8) is 0 Å². The molecule has 0 heterocycles. The molecule has 0 fully saturated rings. The normalized spacial score (nSPS) is 12.6.